The van der Waals surface area contributed by atoms with E-state index in [0.717, 1.165) is 44.6 Å². The SMILES string of the molecule is CC1CCOC1C(N)CCc1ccc2c(c1)CCO2. The first-order chi connectivity index (χ1) is 9.24. The van der Waals surface area contributed by atoms with Crippen molar-refractivity contribution in [3.8, 4) is 5.75 Å². The largest absolute Gasteiger partial charge is 0.493 e. The smallest absolute Gasteiger partial charge is 0.122 e. The fourth-order valence-electron chi connectivity index (χ4n) is 3.16. The molecule has 3 atom stereocenters. The van der Waals surface area contributed by atoms with Gasteiger partial charge in [-0.2, -0.15) is 0 Å². The Balaban J connectivity index is 1.57. The van der Waals surface area contributed by atoms with E-state index in [1.54, 1.807) is 0 Å². The summed E-state index contributed by atoms with van der Waals surface area (Å²) in [6.45, 7) is 3.94. The Morgan fingerprint density at radius 3 is 3.05 bits per heavy atom. The summed E-state index contributed by atoms with van der Waals surface area (Å²) < 4.78 is 11.3. The highest BCUT2D eigenvalue weighted by atomic mass is 16.5. The van der Waals surface area contributed by atoms with Gasteiger partial charge in [-0.25, -0.2) is 0 Å². The van der Waals surface area contributed by atoms with Crippen molar-refractivity contribution in [1.29, 1.82) is 0 Å². The first kappa shape index (κ1) is 12.9. The predicted molar refractivity (Wildman–Crippen MR) is 75.5 cm³/mol. The van der Waals surface area contributed by atoms with Crippen LogP contribution >= 0.6 is 0 Å². The van der Waals surface area contributed by atoms with Gasteiger partial charge in [0.05, 0.1) is 12.7 Å². The van der Waals surface area contributed by atoms with Crippen LogP contribution in [0.3, 0.4) is 0 Å². The van der Waals surface area contributed by atoms with Crippen LogP contribution in [0.5, 0.6) is 5.75 Å². The van der Waals surface area contributed by atoms with E-state index in [-0.39, 0.29) is 12.1 Å². The molecule has 2 aliphatic heterocycles. The third kappa shape index (κ3) is 2.77. The Kier molecular flexibility index (Phi) is 3.76. The van der Waals surface area contributed by atoms with E-state index in [1.165, 1.54) is 11.1 Å². The summed E-state index contributed by atoms with van der Waals surface area (Å²) in [6.07, 6.45) is 4.46. The summed E-state index contributed by atoms with van der Waals surface area (Å²) in [5, 5.41) is 0. The zero-order valence-electron chi connectivity index (χ0n) is 11.6. The predicted octanol–water partition coefficient (Wildman–Crippen LogP) is 2.31. The van der Waals surface area contributed by atoms with Crippen LogP contribution in [0, 0.1) is 5.92 Å². The first-order valence-electron chi connectivity index (χ1n) is 7.36. The van der Waals surface area contributed by atoms with E-state index in [2.05, 4.69) is 25.1 Å². The van der Waals surface area contributed by atoms with E-state index < -0.39 is 0 Å². The Morgan fingerprint density at radius 1 is 1.37 bits per heavy atom. The molecule has 0 amide bonds. The van der Waals surface area contributed by atoms with Gasteiger partial charge in [0.2, 0.25) is 0 Å². The number of ether oxygens (including phenoxy) is 2. The van der Waals surface area contributed by atoms with Gasteiger partial charge in [-0.1, -0.05) is 19.1 Å². The van der Waals surface area contributed by atoms with Gasteiger partial charge >= 0.3 is 0 Å². The highest BCUT2D eigenvalue weighted by molar-refractivity contribution is 5.39. The molecule has 0 aliphatic carbocycles. The van der Waals surface area contributed by atoms with Crippen molar-refractivity contribution >= 4 is 0 Å². The van der Waals surface area contributed by atoms with Gasteiger partial charge in [0.25, 0.3) is 0 Å². The minimum atomic E-state index is 0.155. The molecule has 1 aromatic rings. The van der Waals surface area contributed by atoms with Crippen molar-refractivity contribution in [3.63, 3.8) is 0 Å². The third-order valence-electron chi connectivity index (χ3n) is 4.39. The molecule has 3 nitrogen and oxygen atoms in total. The molecule has 3 heteroatoms. The minimum Gasteiger partial charge on any atom is -0.493 e. The van der Waals surface area contributed by atoms with E-state index >= 15 is 0 Å². The second-order valence-electron chi connectivity index (χ2n) is 5.84. The monoisotopic (exact) mass is 261 g/mol. The summed E-state index contributed by atoms with van der Waals surface area (Å²) in [7, 11) is 0. The number of rotatable bonds is 4. The van der Waals surface area contributed by atoms with Crippen LogP contribution in [0.2, 0.25) is 0 Å². The topological polar surface area (TPSA) is 44.5 Å². The lowest BCUT2D eigenvalue weighted by Crippen LogP contribution is -2.38. The Labute approximate surface area is 115 Å². The Hall–Kier alpha value is -1.06. The summed E-state index contributed by atoms with van der Waals surface area (Å²) in [6, 6.07) is 6.68. The summed E-state index contributed by atoms with van der Waals surface area (Å²) in [5.74, 6) is 1.66. The van der Waals surface area contributed by atoms with Gasteiger partial charge in [-0.3, -0.25) is 0 Å². The van der Waals surface area contributed by atoms with Crippen LogP contribution in [-0.4, -0.2) is 25.4 Å². The second kappa shape index (κ2) is 5.51. The first-order valence-corrected chi connectivity index (χ1v) is 7.36. The molecule has 0 aromatic heterocycles. The summed E-state index contributed by atoms with van der Waals surface area (Å²) >= 11 is 0. The lowest BCUT2D eigenvalue weighted by atomic mass is 9.93. The number of hydrogen-bond donors (Lipinski definition) is 1. The molecule has 3 unspecified atom stereocenters. The van der Waals surface area contributed by atoms with Crippen LogP contribution in [0.1, 0.15) is 30.9 Å². The van der Waals surface area contributed by atoms with E-state index in [9.17, 15) is 0 Å². The van der Waals surface area contributed by atoms with Crippen LogP contribution in [0.25, 0.3) is 0 Å². The molecular formula is C16H23NO2. The molecule has 2 heterocycles. The molecule has 3 rings (SSSR count). The van der Waals surface area contributed by atoms with Crippen molar-refractivity contribution in [2.45, 2.75) is 44.8 Å². The van der Waals surface area contributed by atoms with Gasteiger partial charge in [-0.05, 0) is 42.4 Å². The molecule has 2 N–H and O–H groups in total. The van der Waals surface area contributed by atoms with Gasteiger partial charge in [-0.15, -0.1) is 0 Å². The molecule has 1 saturated heterocycles. The number of aryl methyl sites for hydroxylation is 1. The third-order valence-corrected chi connectivity index (χ3v) is 4.39. The van der Waals surface area contributed by atoms with Gasteiger partial charge in [0.1, 0.15) is 5.75 Å². The lowest BCUT2D eigenvalue weighted by Gasteiger charge is -2.22. The summed E-state index contributed by atoms with van der Waals surface area (Å²) in [4.78, 5) is 0. The number of hydrogen-bond acceptors (Lipinski definition) is 3. The maximum atomic E-state index is 6.28. The van der Waals surface area contributed by atoms with Crippen molar-refractivity contribution in [3.05, 3.63) is 29.3 Å². The molecular weight excluding hydrogens is 238 g/mol. The normalized spacial score (nSPS) is 27.1. The van der Waals surface area contributed by atoms with Crippen LogP contribution in [-0.2, 0) is 17.6 Å². The van der Waals surface area contributed by atoms with Crippen molar-refractivity contribution in [2.75, 3.05) is 13.2 Å². The zero-order valence-corrected chi connectivity index (χ0v) is 11.6. The molecule has 19 heavy (non-hydrogen) atoms. The minimum absolute atomic E-state index is 0.155. The van der Waals surface area contributed by atoms with Crippen molar-refractivity contribution < 1.29 is 9.47 Å². The quantitative estimate of drug-likeness (QED) is 0.904. The fraction of sp³-hybridized carbons (Fsp3) is 0.625. The highest BCUT2D eigenvalue weighted by Gasteiger charge is 2.29. The van der Waals surface area contributed by atoms with E-state index in [4.69, 9.17) is 15.2 Å². The van der Waals surface area contributed by atoms with Crippen molar-refractivity contribution in [1.82, 2.24) is 0 Å². The van der Waals surface area contributed by atoms with Gasteiger partial charge in [0, 0.05) is 19.1 Å². The molecule has 1 fully saturated rings. The average Bonchev–Trinajstić information content (AvgIpc) is 3.03. The number of fused-ring (bicyclic) bond motifs is 1. The Bertz CT molecular complexity index is 446. The average molecular weight is 261 g/mol. The standard InChI is InChI=1S/C16H23NO2/c1-11-6-8-19-16(11)14(17)4-2-12-3-5-15-13(10-12)7-9-18-15/h3,5,10-11,14,16H,2,4,6-9,17H2,1H3. The van der Waals surface area contributed by atoms with Crippen LogP contribution in [0.15, 0.2) is 18.2 Å². The number of nitrogens with two attached hydrogens (primary N) is 1. The van der Waals surface area contributed by atoms with Gasteiger partial charge < -0.3 is 15.2 Å². The van der Waals surface area contributed by atoms with Crippen molar-refractivity contribution in [2.24, 2.45) is 11.7 Å². The number of benzene rings is 1. The molecule has 104 valence electrons. The second-order valence-corrected chi connectivity index (χ2v) is 5.84. The van der Waals surface area contributed by atoms with Gasteiger partial charge in [0.15, 0.2) is 0 Å². The molecule has 1 aromatic carbocycles. The molecule has 0 bridgehead atoms. The van der Waals surface area contributed by atoms with E-state index in [0.29, 0.717) is 5.92 Å². The zero-order chi connectivity index (χ0) is 13.2. The Morgan fingerprint density at radius 2 is 2.26 bits per heavy atom. The lowest BCUT2D eigenvalue weighted by molar-refractivity contribution is 0.0703. The van der Waals surface area contributed by atoms with Crippen LogP contribution in [0.4, 0.5) is 0 Å². The maximum Gasteiger partial charge on any atom is 0.122 e. The highest BCUT2D eigenvalue weighted by Crippen LogP contribution is 2.27. The summed E-state index contributed by atoms with van der Waals surface area (Å²) in [5.41, 5.74) is 8.99. The molecule has 0 radical (unpaired) electrons. The molecule has 0 saturated carbocycles. The van der Waals surface area contributed by atoms with E-state index in [1.807, 2.05) is 0 Å². The maximum absolute atomic E-state index is 6.28. The molecule has 0 spiro atoms. The fourth-order valence-corrected chi connectivity index (χ4v) is 3.16. The van der Waals surface area contributed by atoms with Crippen LogP contribution < -0.4 is 10.5 Å². The molecule has 2 aliphatic rings.